The van der Waals surface area contributed by atoms with E-state index in [2.05, 4.69) is 17.9 Å². The van der Waals surface area contributed by atoms with Gasteiger partial charge in [-0.25, -0.2) is 8.48 Å². The molecule has 0 radical (unpaired) electrons. The molecule has 20 heavy (non-hydrogen) atoms. The number of nitriles is 1. The minimum atomic E-state index is -0.575. The Morgan fingerprint density at radius 1 is 1.45 bits per heavy atom. The molecule has 0 saturated carbocycles. The summed E-state index contributed by atoms with van der Waals surface area (Å²) in [5, 5.41) is 12.6. The summed E-state index contributed by atoms with van der Waals surface area (Å²) in [5.41, 5.74) is 0.602. The van der Waals surface area contributed by atoms with Crippen LogP contribution in [0.5, 0.6) is 11.6 Å². The molecule has 0 N–H and O–H groups in total. The molecule has 0 saturated heterocycles. The van der Waals surface area contributed by atoms with Crippen LogP contribution in [0.2, 0.25) is 0 Å². The Bertz CT molecular complexity index is 627. The smallest absolute Gasteiger partial charge is 0.292 e. The van der Waals surface area contributed by atoms with Gasteiger partial charge in [-0.1, -0.05) is 17.8 Å². The van der Waals surface area contributed by atoms with Crippen LogP contribution in [0.3, 0.4) is 0 Å². The van der Waals surface area contributed by atoms with Gasteiger partial charge in [-0.05, 0) is 24.9 Å². The van der Waals surface area contributed by atoms with Gasteiger partial charge in [0.25, 0.3) is 6.26 Å². The number of rotatable bonds is 6. The number of thioether (sulfide) groups is 1. The topological polar surface area (TPSA) is 60.1 Å². The molecule has 0 fully saturated rings. The molecule has 1 heterocycles. The van der Waals surface area contributed by atoms with Crippen LogP contribution < -0.4 is 9.47 Å². The fourth-order valence-electron chi connectivity index (χ4n) is 1.55. The Hall–Kier alpha value is -1.85. The Kier molecular flexibility index (Phi) is 5.15. The highest BCUT2D eigenvalue weighted by molar-refractivity contribution is 7.99. The van der Waals surface area contributed by atoms with E-state index < -0.39 is 6.01 Å². The standard InChI is InChI=1S/C12H10FN3O2S2/c13-7-20-11-3-1-2-10(18-8-14)9(11)6-17-12-4-5-16(19)15-12/h1-5,19H,6-7H2. The van der Waals surface area contributed by atoms with E-state index in [1.54, 1.807) is 36.7 Å². The van der Waals surface area contributed by atoms with Crippen LogP contribution in [0.25, 0.3) is 0 Å². The molecule has 0 aliphatic carbocycles. The van der Waals surface area contributed by atoms with Gasteiger partial charge >= 0.3 is 0 Å². The van der Waals surface area contributed by atoms with Crippen LogP contribution in [0, 0.1) is 11.5 Å². The predicted octanol–water partition coefficient (Wildman–Crippen LogP) is 3.03. The first kappa shape index (κ1) is 14.6. The lowest BCUT2D eigenvalue weighted by atomic mass is 10.2. The molecule has 0 spiro atoms. The van der Waals surface area contributed by atoms with Crippen molar-refractivity contribution in [3.8, 4) is 17.9 Å². The Balaban J connectivity index is 2.20. The van der Waals surface area contributed by atoms with E-state index in [-0.39, 0.29) is 6.61 Å². The van der Waals surface area contributed by atoms with Gasteiger partial charge in [0.05, 0.1) is 0 Å². The molecular weight excluding hydrogens is 301 g/mol. The van der Waals surface area contributed by atoms with Crippen LogP contribution in [0.1, 0.15) is 5.56 Å². The van der Waals surface area contributed by atoms with Crippen molar-refractivity contribution >= 4 is 24.6 Å². The summed E-state index contributed by atoms with van der Waals surface area (Å²) < 4.78 is 24.2. The monoisotopic (exact) mass is 311 g/mol. The first-order valence-electron chi connectivity index (χ1n) is 5.49. The second kappa shape index (κ2) is 7.07. The Morgan fingerprint density at radius 3 is 2.95 bits per heavy atom. The summed E-state index contributed by atoms with van der Waals surface area (Å²) in [7, 11) is 0. The van der Waals surface area contributed by atoms with Gasteiger partial charge in [-0.15, -0.1) is 10.4 Å². The van der Waals surface area contributed by atoms with Crippen molar-refractivity contribution < 1.29 is 13.9 Å². The summed E-state index contributed by atoms with van der Waals surface area (Å²) in [5.74, 6) is 0.721. The molecule has 0 aliphatic rings. The predicted molar refractivity (Wildman–Crippen MR) is 75.5 cm³/mol. The summed E-state index contributed by atoms with van der Waals surface area (Å²) in [4.78, 5) is 0.658. The van der Waals surface area contributed by atoms with Crippen molar-refractivity contribution in [1.29, 1.82) is 5.26 Å². The van der Waals surface area contributed by atoms with Gasteiger partial charge in [-0.3, -0.25) is 0 Å². The number of hydrogen-bond donors (Lipinski definition) is 1. The van der Waals surface area contributed by atoms with E-state index in [1.165, 1.54) is 4.09 Å². The van der Waals surface area contributed by atoms with Crippen molar-refractivity contribution in [2.75, 3.05) is 6.01 Å². The number of nitrogens with zero attached hydrogens (tertiary/aromatic N) is 3. The molecule has 1 aromatic heterocycles. The van der Waals surface area contributed by atoms with Crippen LogP contribution in [-0.2, 0) is 6.61 Å². The van der Waals surface area contributed by atoms with Gasteiger partial charge in [0.15, 0.2) is 0 Å². The fraction of sp³-hybridized carbons (Fsp3) is 0.167. The maximum Gasteiger partial charge on any atom is 0.292 e. The molecule has 8 heteroatoms. The van der Waals surface area contributed by atoms with Crippen molar-refractivity contribution in [1.82, 2.24) is 9.19 Å². The zero-order valence-electron chi connectivity index (χ0n) is 10.2. The number of halogens is 1. The lowest BCUT2D eigenvalue weighted by Crippen LogP contribution is -2.01. The lowest BCUT2D eigenvalue weighted by molar-refractivity contribution is 0.285. The van der Waals surface area contributed by atoms with E-state index in [4.69, 9.17) is 14.7 Å². The molecule has 0 amide bonds. The third kappa shape index (κ3) is 3.59. The molecule has 0 aliphatic heterocycles. The third-order valence-electron chi connectivity index (χ3n) is 2.37. The molecule has 0 bridgehead atoms. The molecule has 0 atom stereocenters. The van der Waals surface area contributed by atoms with Crippen molar-refractivity contribution in [2.24, 2.45) is 0 Å². The molecule has 2 rings (SSSR count). The highest BCUT2D eigenvalue weighted by atomic mass is 32.2. The summed E-state index contributed by atoms with van der Waals surface area (Å²) in [6.07, 6.45) is 3.22. The van der Waals surface area contributed by atoms with Crippen molar-refractivity contribution in [3.63, 3.8) is 0 Å². The van der Waals surface area contributed by atoms with Crippen LogP contribution in [0.4, 0.5) is 4.39 Å². The highest BCUT2D eigenvalue weighted by Crippen LogP contribution is 2.31. The highest BCUT2D eigenvalue weighted by Gasteiger charge is 2.12. The first-order chi connectivity index (χ1) is 9.74. The molecule has 2 aromatic rings. The molecule has 1 aromatic carbocycles. The molecular formula is C12H10FN3O2S2. The second-order valence-corrected chi connectivity index (χ2v) is 4.90. The SMILES string of the molecule is N#COc1cccc(SCF)c1COc1ccn(S)n1. The van der Waals surface area contributed by atoms with Crippen LogP contribution >= 0.6 is 24.6 Å². The average molecular weight is 311 g/mol. The normalized spacial score (nSPS) is 10.1. The number of thiol groups is 1. The molecule has 0 unspecified atom stereocenters. The zero-order valence-corrected chi connectivity index (χ0v) is 11.9. The minimum absolute atomic E-state index is 0.116. The van der Waals surface area contributed by atoms with E-state index in [0.717, 1.165) is 11.8 Å². The summed E-state index contributed by atoms with van der Waals surface area (Å²) in [6, 6.07) is 6.12. The zero-order chi connectivity index (χ0) is 14.4. The van der Waals surface area contributed by atoms with E-state index in [9.17, 15) is 4.39 Å². The maximum atomic E-state index is 12.5. The van der Waals surface area contributed by atoms with Gasteiger partial charge in [0, 0.05) is 22.7 Å². The van der Waals surface area contributed by atoms with Gasteiger partial charge in [0.1, 0.15) is 18.4 Å². The Labute approximate surface area is 124 Å². The lowest BCUT2D eigenvalue weighted by Gasteiger charge is -2.11. The minimum Gasteiger partial charge on any atom is -0.472 e. The van der Waals surface area contributed by atoms with Gasteiger partial charge < -0.3 is 9.47 Å². The van der Waals surface area contributed by atoms with E-state index in [1.807, 2.05) is 0 Å². The Morgan fingerprint density at radius 2 is 2.30 bits per heavy atom. The first-order valence-corrected chi connectivity index (χ1v) is 6.87. The van der Waals surface area contributed by atoms with Gasteiger partial charge in [0.2, 0.25) is 5.88 Å². The van der Waals surface area contributed by atoms with Gasteiger partial charge in [-0.2, -0.15) is 0 Å². The number of alkyl halides is 1. The van der Waals surface area contributed by atoms with Crippen molar-refractivity contribution in [2.45, 2.75) is 11.5 Å². The quantitative estimate of drug-likeness (QED) is 0.505. The third-order valence-corrected chi connectivity index (χ3v) is 3.40. The summed E-state index contributed by atoms with van der Waals surface area (Å²) in [6.45, 7) is 0.116. The van der Waals surface area contributed by atoms with Crippen molar-refractivity contribution in [3.05, 3.63) is 36.0 Å². The number of hydrogen-bond acceptors (Lipinski definition) is 6. The second-order valence-electron chi connectivity index (χ2n) is 3.54. The maximum absolute atomic E-state index is 12.5. The largest absolute Gasteiger partial charge is 0.472 e. The average Bonchev–Trinajstić information content (AvgIpc) is 2.84. The van der Waals surface area contributed by atoms with E-state index >= 15 is 0 Å². The molecule has 104 valence electrons. The number of benzene rings is 1. The number of ether oxygens (including phenoxy) is 2. The van der Waals surface area contributed by atoms with Crippen LogP contribution in [-0.4, -0.2) is 15.2 Å². The molecule has 5 nitrogen and oxygen atoms in total. The fourth-order valence-corrected chi connectivity index (χ4v) is 2.33. The number of aromatic nitrogens is 2. The van der Waals surface area contributed by atoms with E-state index in [0.29, 0.717) is 22.1 Å². The van der Waals surface area contributed by atoms with Crippen LogP contribution in [0.15, 0.2) is 35.4 Å². The summed E-state index contributed by atoms with van der Waals surface area (Å²) >= 11 is 5.00.